The number of methoxy groups -OCH3 is 1. The fourth-order valence-corrected chi connectivity index (χ4v) is 4.59. The Labute approximate surface area is 193 Å². The van der Waals surface area contributed by atoms with Crippen LogP contribution in [0.3, 0.4) is 0 Å². The molecule has 1 fully saturated rings. The molecule has 0 aliphatic carbocycles. The third-order valence-electron chi connectivity index (χ3n) is 6.23. The molecule has 0 aromatic heterocycles. The fourth-order valence-electron chi connectivity index (χ4n) is 4.59. The minimum Gasteiger partial charge on any atom is -0.507 e. The number of benzene rings is 2. The molecule has 1 saturated heterocycles. The monoisotopic (exact) mass is 451 g/mol. The second kappa shape index (κ2) is 9.17. The number of hydrogen-bond donors (Lipinski definition) is 2. The van der Waals surface area contributed by atoms with Crippen LogP contribution in [0.2, 0.25) is 0 Å². The van der Waals surface area contributed by atoms with Gasteiger partial charge in [0.1, 0.15) is 17.6 Å². The zero-order chi connectivity index (χ0) is 23.7. The van der Waals surface area contributed by atoms with Gasteiger partial charge in [-0.25, -0.2) is 0 Å². The van der Waals surface area contributed by atoms with Gasteiger partial charge in [-0.05, 0) is 54.8 Å². The van der Waals surface area contributed by atoms with Crippen molar-refractivity contribution in [1.29, 1.82) is 0 Å². The SMILES string of the molecule is CCCCCN1C(=O)C(=O)/C(=C(\O)c2ccc3c(c2)CC(C)O3)C1c1ccc(OC)c(O)c1. The highest BCUT2D eigenvalue weighted by molar-refractivity contribution is 6.46. The summed E-state index contributed by atoms with van der Waals surface area (Å²) in [4.78, 5) is 27.6. The van der Waals surface area contributed by atoms with E-state index in [1.54, 1.807) is 30.3 Å². The maximum atomic E-state index is 13.1. The van der Waals surface area contributed by atoms with Gasteiger partial charge in [-0.1, -0.05) is 25.8 Å². The summed E-state index contributed by atoms with van der Waals surface area (Å²) in [5, 5.41) is 21.6. The van der Waals surface area contributed by atoms with Gasteiger partial charge in [-0.3, -0.25) is 9.59 Å². The molecule has 4 rings (SSSR count). The van der Waals surface area contributed by atoms with Crippen LogP contribution in [0.25, 0.3) is 5.76 Å². The maximum Gasteiger partial charge on any atom is 0.295 e. The molecule has 1 amide bonds. The highest BCUT2D eigenvalue weighted by Gasteiger charge is 2.46. The third-order valence-corrected chi connectivity index (χ3v) is 6.23. The van der Waals surface area contributed by atoms with Crippen molar-refractivity contribution in [2.75, 3.05) is 13.7 Å². The number of amides is 1. The van der Waals surface area contributed by atoms with Crippen molar-refractivity contribution < 1.29 is 29.3 Å². The van der Waals surface area contributed by atoms with Crippen molar-refractivity contribution >= 4 is 17.4 Å². The van der Waals surface area contributed by atoms with E-state index in [1.807, 2.05) is 6.92 Å². The quantitative estimate of drug-likeness (QED) is 0.281. The number of nitrogens with zero attached hydrogens (tertiary/aromatic N) is 1. The van der Waals surface area contributed by atoms with Crippen LogP contribution >= 0.6 is 0 Å². The molecule has 7 nitrogen and oxygen atoms in total. The Hall–Kier alpha value is -3.48. The minimum absolute atomic E-state index is 0.0213. The molecule has 0 radical (unpaired) electrons. The molecular weight excluding hydrogens is 422 g/mol. The van der Waals surface area contributed by atoms with Gasteiger partial charge in [0, 0.05) is 18.5 Å². The van der Waals surface area contributed by atoms with E-state index in [4.69, 9.17) is 9.47 Å². The van der Waals surface area contributed by atoms with Crippen LogP contribution in [0.15, 0.2) is 42.0 Å². The summed E-state index contributed by atoms with van der Waals surface area (Å²) in [7, 11) is 1.45. The Balaban J connectivity index is 1.82. The number of fused-ring (bicyclic) bond motifs is 1. The van der Waals surface area contributed by atoms with E-state index in [0.29, 0.717) is 24.1 Å². The number of ketones is 1. The highest BCUT2D eigenvalue weighted by Crippen LogP contribution is 2.42. The van der Waals surface area contributed by atoms with Gasteiger partial charge in [0.15, 0.2) is 11.5 Å². The van der Waals surface area contributed by atoms with Crippen LogP contribution in [-0.4, -0.2) is 46.6 Å². The molecule has 2 heterocycles. The molecule has 2 aromatic carbocycles. The first-order chi connectivity index (χ1) is 15.8. The van der Waals surface area contributed by atoms with Crippen LogP contribution < -0.4 is 9.47 Å². The largest absolute Gasteiger partial charge is 0.507 e. The Morgan fingerprint density at radius 2 is 1.97 bits per heavy atom. The lowest BCUT2D eigenvalue weighted by atomic mass is 9.94. The standard InChI is InChI=1S/C26H29NO6/c1-4-5-6-11-27-23(16-7-10-21(32-3)19(28)14-16)22(25(30)26(27)31)24(29)17-8-9-20-18(13-17)12-15(2)33-20/h7-10,13-15,23,28-29H,4-6,11-12H2,1-3H3/b24-22-. The molecule has 2 atom stereocenters. The normalized spacial score (nSPS) is 21.2. The summed E-state index contributed by atoms with van der Waals surface area (Å²) < 4.78 is 10.9. The molecule has 2 unspecified atom stereocenters. The summed E-state index contributed by atoms with van der Waals surface area (Å²) in [6.07, 6.45) is 3.36. The van der Waals surface area contributed by atoms with Crippen molar-refractivity contribution in [3.05, 3.63) is 58.7 Å². The highest BCUT2D eigenvalue weighted by atomic mass is 16.5. The van der Waals surface area contributed by atoms with Gasteiger partial charge in [0.25, 0.3) is 11.7 Å². The first-order valence-corrected chi connectivity index (χ1v) is 11.3. The van der Waals surface area contributed by atoms with Crippen molar-refractivity contribution in [2.45, 2.75) is 51.7 Å². The van der Waals surface area contributed by atoms with E-state index < -0.39 is 17.7 Å². The molecule has 174 valence electrons. The zero-order valence-electron chi connectivity index (χ0n) is 19.1. The van der Waals surface area contributed by atoms with Gasteiger partial charge < -0.3 is 24.6 Å². The maximum absolute atomic E-state index is 13.1. The van der Waals surface area contributed by atoms with Crippen molar-refractivity contribution in [1.82, 2.24) is 4.90 Å². The lowest BCUT2D eigenvalue weighted by molar-refractivity contribution is -0.139. The van der Waals surface area contributed by atoms with Crippen molar-refractivity contribution in [3.63, 3.8) is 0 Å². The van der Waals surface area contributed by atoms with Crippen LogP contribution in [0.4, 0.5) is 0 Å². The number of rotatable bonds is 7. The van der Waals surface area contributed by atoms with Crippen LogP contribution in [0.1, 0.15) is 55.8 Å². The number of Topliss-reactive ketones (excluding diaryl/α,β-unsaturated/α-hetero) is 1. The molecule has 0 saturated carbocycles. The van der Waals surface area contributed by atoms with Crippen molar-refractivity contribution in [3.8, 4) is 17.2 Å². The first kappa shape index (κ1) is 22.7. The molecule has 0 spiro atoms. The zero-order valence-corrected chi connectivity index (χ0v) is 19.1. The molecule has 33 heavy (non-hydrogen) atoms. The van der Waals surface area contributed by atoms with Gasteiger partial charge in [-0.2, -0.15) is 0 Å². The smallest absolute Gasteiger partial charge is 0.295 e. The number of aliphatic hydroxyl groups excluding tert-OH is 1. The van der Waals surface area contributed by atoms with Crippen LogP contribution in [0.5, 0.6) is 17.2 Å². The number of hydrogen-bond acceptors (Lipinski definition) is 6. The average molecular weight is 452 g/mol. The number of carbonyl (C=O) groups is 2. The number of phenols is 1. The predicted octanol–water partition coefficient (Wildman–Crippen LogP) is 4.34. The van der Waals surface area contributed by atoms with Gasteiger partial charge >= 0.3 is 0 Å². The van der Waals surface area contributed by atoms with Gasteiger partial charge in [0.05, 0.1) is 18.7 Å². The van der Waals surface area contributed by atoms with E-state index in [0.717, 1.165) is 30.6 Å². The molecule has 2 aliphatic heterocycles. The molecule has 7 heteroatoms. The third kappa shape index (κ3) is 4.15. The fraction of sp³-hybridized carbons (Fsp3) is 0.385. The number of aliphatic hydroxyl groups is 1. The molecule has 0 bridgehead atoms. The molecule has 2 aliphatic rings. The lowest BCUT2D eigenvalue weighted by Gasteiger charge is -2.25. The number of unbranched alkanes of at least 4 members (excludes halogenated alkanes) is 2. The summed E-state index contributed by atoms with van der Waals surface area (Å²) in [5.74, 6) is -0.655. The first-order valence-electron chi connectivity index (χ1n) is 11.3. The van der Waals surface area contributed by atoms with E-state index in [9.17, 15) is 19.8 Å². The van der Waals surface area contributed by atoms with E-state index >= 15 is 0 Å². The average Bonchev–Trinajstić information content (AvgIpc) is 3.29. The lowest BCUT2D eigenvalue weighted by Crippen LogP contribution is -2.30. The van der Waals surface area contributed by atoms with E-state index in [2.05, 4.69) is 6.92 Å². The Morgan fingerprint density at radius 1 is 1.18 bits per heavy atom. The Bertz CT molecular complexity index is 1120. The Kier molecular flexibility index (Phi) is 6.31. The number of aromatic hydroxyl groups is 1. The Morgan fingerprint density at radius 3 is 2.67 bits per heavy atom. The minimum atomic E-state index is -0.804. The summed E-state index contributed by atoms with van der Waals surface area (Å²) in [5.41, 5.74) is 1.96. The summed E-state index contributed by atoms with van der Waals surface area (Å²) >= 11 is 0. The second-order valence-electron chi connectivity index (χ2n) is 8.59. The van der Waals surface area contributed by atoms with Crippen LogP contribution in [0, 0.1) is 0 Å². The number of carbonyl (C=O) groups excluding carboxylic acids is 2. The summed E-state index contributed by atoms with van der Waals surface area (Å²) in [6, 6.07) is 9.24. The van der Waals surface area contributed by atoms with Crippen LogP contribution in [-0.2, 0) is 16.0 Å². The van der Waals surface area contributed by atoms with E-state index in [1.165, 1.54) is 18.1 Å². The summed E-state index contributed by atoms with van der Waals surface area (Å²) in [6.45, 7) is 4.41. The topological polar surface area (TPSA) is 96.3 Å². The van der Waals surface area contributed by atoms with Gasteiger partial charge in [0.2, 0.25) is 0 Å². The predicted molar refractivity (Wildman–Crippen MR) is 123 cm³/mol. The number of ether oxygens (including phenoxy) is 2. The second-order valence-corrected chi connectivity index (χ2v) is 8.59. The van der Waals surface area contributed by atoms with Gasteiger partial charge in [-0.15, -0.1) is 0 Å². The van der Waals surface area contributed by atoms with E-state index in [-0.39, 0.29) is 28.9 Å². The molecular formula is C26H29NO6. The number of phenolic OH excluding ortho intramolecular Hbond substituents is 1. The number of likely N-dealkylation sites (tertiary alicyclic amines) is 1. The molecule has 2 N–H and O–H groups in total. The van der Waals surface area contributed by atoms with Crippen molar-refractivity contribution in [2.24, 2.45) is 0 Å². The molecule has 2 aromatic rings.